The number of benzene rings is 1. The Kier molecular flexibility index (Phi) is 7.65. The minimum atomic E-state index is -3.75. The monoisotopic (exact) mass is 606 g/mol. The maximum atomic E-state index is 15.0. The second-order valence-electron chi connectivity index (χ2n) is 11.4. The molecule has 11 nitrogen and oxygen atoms in total. The van der Waals surface area contributed by atoms with Gasteiger partial charge < -0.3 is 15.6 Å². The lowest BCUT2D eigenvalue weighted by Crippen LogP contribution is -2.57. The van der Waals surface area contributed by atoms with Crippen LogP contribution in [-0.4, -0.2) is 88.6 Å². The zero-order chi connectivity index (χ0) is 30.5. The summed E-state index contributed by atoms with van der Waals surface area (Å²) in [4.78, 5) is 34.5. The van der Waals surface area contributed by atoms with Gasteiger partial charge in [0, 0.05) is 61.0 Å². The fourth-order valence-corrected chi connectivity index (χ4v) is 7.11. The van der Waals surface area contributed by atoms with Gasteiger partial charge in [-0.05, 0) is 57.0 Å². The van der Waals surface area contributed by atoms with E-state index >= 15 is 0 Å². The summed E-state index contributed by atoms with van der Waals surface area (Å²) in [5.41, 5.74) is 2.73. The van der Waals surface area contributed by atoms with Crippen LogP contribution in [0.2, 0.25) is 0 Å². The number of piperazine rings is 1. The number of aromatic nitrogens is 4. The zero-order valence-corrected chi connectivity index (χ0v) is 25.4. The molecule has 13 heteroatoms. The summed E-state index contributed by atoms with van der Waals surface area (Å²) in [5, 5.41) is 6.68. The number of nitrogens with one attached hydrogen (secondary N) is 3. The number of fused-ring (bicyclic) bond motifs is 3. The van der Waals surface area contributed by atoms with Gasteiger partial charge in [0.25, 0.3) is 0 Å². The third kappa shape index (κ3) is 5.48. The number of sulfone groups is 1. The summed E-state index contributed by atoms with van der Waals surface area (Å²) in [6, 6.07) is 6.67. The van der Waals surface area contributed by atoms with Crippen molar-refractivity contribution in [3.8, 4) is 11.3 Å². The summed E-state index contributed by atoms with van der Waals surface area (Å²) in [6.07, 6.45) is 9.05. The molecule has 5 heterocycles. The molecule has 2 saturated heterocycles. The number of aromatic amines is 1. The van der Waals surface area contributed by atoms with Gasteiger partial charge in [-0.25, -0.2) is 27.8 Å². The minimum absolute atomic E-state index is 0.0512. The van der Waals surface area contributed by atoms with Crippen molar-refractivity contribution in [2.45, 2.75) is 56.1 Å². The van der Waals surface area contributed by atoms with Gasteiger partial charge in [0.05, 0.1) is 22.9 Å². The first-order chi connectivity index (χ1) is 20.5. The molecular formula is C30H35FN8O3S. The molecule has 4 aromatic rings. The van der Waals surface area contributed by atoms with Gasteiger partial charge in [-0.3, -0.25) is 14.6 Å². The molecule has 3 N–H and O–H groups in total. The molecule has 2 bridgehead atoms. The van der Waals surface area contributed by atoms with Crippen molar-refractivity contribution >= 4 is 44.1 Å². The fraction of sp³-hybridized carbons (Fsp3) is 0.400. The molecule has 2 aliphatic rings. The summed E-state index contributed by atoms with van der Waals surface area (Å²) in [6.45, 7) is 5.67. The molecular weight excluding hydrogens is 571 g/mol. The number of nitrogens with zero attached hydrogens (tertiary/aromatic N) is 5. The van der Waals surface area contributed by atoms with E-state index in [0.717, 1.165) is 35.9 Å². The average molecular weight is 607 g/mol. The fourth-order valence-electron chi connectivity index (χ4n) is 6.34. The van der Waals surface area contributed by atoms with Crippen molar-refractivity contribution in [2.75, 3.05) is 37.0 Å². The molecule has 0 radical (unpaired) electrons. The number of H-pyrrole nitrogens is 1. The van der Waals surface area contributed by atoms with E-state index < -0.39 is 20.5 Å². The van der Waals surface area contributed by atoms with E-state index in [-0.39, 0.29) is 23.6 Å². The predicted octanol–water partition coefficient (Wildman–Crippen LogP) is 4.11. The third-order valence-corrected chi connectivity index (χ3v) is 9.80. The lowest BCUT2D eigenvalue weighted by molar-refractivity contribution is -0.122. The van der Waals surface area contributed by atoms with Crippen LogP contribution in [0.25, 0.3) is 22.2 Å². The van der Waals surface area contributed by atoms with E-state index in [0.29, 0.717) is 35.5 Å². The molecule has 0 spiro atoms. The van der Waals surface area contributed by atoms with Crippen LogP contribution < -0.4 is 10.6 Å². The molecule has 1 aromatic carbocycles. The van der Waals surface area contributed by atoms with Crippen LogP contribution >= 0.6 is 0 Å². The first kappa shape index (κ1) is 29.1. The van der Waals surface area contributed by atoms with Crippen LogP contribution in [0.3, 0.4) is 0 Å². The number of pyridine rings is 1. The van der Waals surface area contributed by atoms with E-state index in [4.69, 9.17) is 0 Å². The number of anilines is 3. The number of aryl methyl sites for hydroxylation is 1. The molecule has 2 fully saturated rings. The van der Waals surface area contributed by atoms with E-state index in [1.165, 1.54) is 31.0 Å². The third-order valence-electron chi connectivity index (χ3n) is 8.69. The average Bonchev–Trinajstić information content (AvgIpc) is 3.46. The normalized spacial score (nSPS) is 19.9. The van der Waals surface area contributed by atoms with Crippen molar-refractivity contribution in [2.24, 2.45) is 0 Å². The highest BCUT2D eigenvalue weighted by atomic mass is 32.2. The lowest BCUT2D eigenvalue weighted by atomic mass is 10.1. The molecule has 2 aliphatic heterocycles. The Balaban J connectivity index is 1.26. The number of likely N-dealkylation sites (N-methyl/N-ethyl adjacent to an activating group) is 1. The second kappa shape index (κ2) is 11.3. The molecule has 226 valence electrons. The smallest absolute Gasteiger partial charge is 0.242 e. The molecule has 0 saturated carbocycles. The Hall–Kier alpha value is -3.94. The van der Waals surface area contributed by atoms with Crippen LogP contribution in [0, 0.1) is 12.7 Å². The maximum absolute atomic E-state index is 15.0. The van der Waals surface area contributed by atoms with Crippen molar-refractivity contribution < 1.29 is 17.6 Å². The summed E-state index contributed by atoms with van der Waals surface area (Å²) in [5.74, 6) is -0.433. The summed E-state index contributed by atoms with van der Waals surface area (Å²) >= 11 is 0. The van der Waals surface area contributed by atoms with Gasteiger partial charge in [-0.1, -0.05) is 13.0 Å². The highest BCUT2D eigenvalue weighted by molar-refractivity contribution is 7.90. The molecule has 0 aliphatic carbocycles. The quantitative estimate of drug-likeness (QED) is 0.271. The van der Waals surface area contributed by atoms with Gasteiger partial charge in [-0.15, -0.1) is 0 Å². The highest BCUT2D eigenvalue weighted by Gasteiger charge is 2.41. The minimum Gasteiger partial charge on any atom is -0.357 e. The first-order valence-corrected chi connectivity index (χ1v) is 16.3. The molecule has 6 rings (SSSR count). The van der Waals surface area contributed by atoms with Crippen molar-refractivity contribution in [1.82, 2.24) is 29.7 Å². The highest BCUT2D eigenvalue weighted by Crippen LogP contribution is 2.34. The Morgan fingerprint density at radius 3 is 2.63 bits per heavy atom. The van der Waals surface area contributed by atoms with Crippen LogP contribution in [0.1, 0.15) is 31.7 Å². The van der Waals surface area contributed by atoms with Gasteiger partial charge in [0.2, 0.25) is 11.9 Å². The van der Waals surface area contributed by atoms with Crippen LogP contribution in [0.4, 0.5) is 21.8 Å². The number of halogens is 1. The summed E-state index contributed by atoms with van der Waals surface area (Å²) < 4.78 is 38.9. The number of carbonyl (C=O) groups excluding carboxylic acids is 1. The Labute approximate surface area is 249 Å². The van der Waals surface area contributed by atoms with E-state index in [2.05, 4.69) is 47.4 Å². The van der Waals surface area contributed by atoms with E-state index in [1.807, 2.05) is 19.9 Å². The number of hydrogen-bond acceptors (Lipinski definition) is 9. The number of hydrogen-bond donors (Lipinski definition) is 3. The van der Waals surface area contributed by atoms with Crippen LogP contribution in [-0.2, 0) is 14.6 Å². The Morgan fingerprint density at radius 2 is 1.93 bits per heavy atom. The zero-order valence-electron chi connectivity index (χ0n) is 24.6. The maximum Gasteiger partial charge on any atom is 0.242 e. The standard InChI is InChI=1S/C30H35FN8O3S/c1-5-23(39-15-18-9-10-19(16-39)38(18)3)29(40)37-28-27-20(11-12-32-28)21(14-33-27)26-17(2)13-34-30(36-26)35-22-7-6-8-24(25(22)31)43(4,41)42/h6-8,11-14,18-19,23,33H,5,9-10,15-16H2,1-4H3,(H,32,37,40)(H,34,35,36)/t18?,19?,23-/m0/s1. The van der Waals surface area contributed by atoms with Crippen LogP contribution in [0.5, 0.6) is 0 Å². The SMILES string of the molecule is CC[C@@H](C(=O)Nc1nccc2c(-c3nc(Nc4cccc(S(C)(=O)=O)c4F)ncc3C)c[nH]c12)N1CC2CCC(C1)N2C. The second-order valence-corrected chi connectivity index (χ2v) is 13.4. The Morgan fingerprint density at radius 1 is 1.19 bits per heavy atom. The predicted molar refractivity (Wildman–Crippen MR) is 164 cm³/mol. The number of amides is 1. The van der Waals surface area contributed by atoms with Gasteiger partial charge in [-0.2, -0.15) is 0 Å². The lowest BCUT2D eigenvalue weighted by Gasteiger charge is -2.41. The topological polar surface area (TPSA) is 136 Å². The van der Waals surface area contributed by atoms with Crippen molar-refractivity contribution in [3.63, 3.8) is 0 Å². The van der Waals surface area contributed by atoms with Gasteiger partial charge >= 0.3 is 0 Å². The largest absolute Gasteiger partial charge is 0.357 e. The van der Waals surface area contributed by atoms with Gasteiger partial charge in [0.15, 0.2) is 21.5 Å². The van der Waals surface area contributed by atoms with Crippen LogP contribution in [0.15, 0.2) is 47.8 Å². The van der Waals surface area contributed by atoms with Crippen molar-refractivity contribution in [1.29, 1.82) is 0 Å². The van der Waals surface area contributed by atoms with Gasteiger partial charge in [0.1, 0.15) is 4.90 Å². The molecule has 3 atom stereocenters. The van der Waals surface area contributed by atoms with Crippen molar-refractivity contribution in [3.05, 3.63) is 54.2 Å². The molecule has 43 heavy (non-hydrogen) atoms. The number of rotatable bonds is 8. The molecule has 3 aromatic heterocycles. The molecule has 1 amide bonds. The summed E-state index contributed by atoms with van der Waals surface area (Å²) in [7, 11) is -1.57. The molecule has 2 unspecified atom stereocenters. The first-order valence-electron chi connectivity index (χ1n) is 14.4. The van der Waals surface area contributed by atoms with E-state index in [9.17, 15) is 17.6 Å². The number of likely N-dealkylation sites (tertiary alicyclic amines) is 1. The van der Waals surface area contributed by atoms with E-state index in [1.54, 1.807) is 18.6 Å². The Bertz CT molecular complexity index is 1800. The number of carbonyl (C=O) groups is 1.